The van der Waals surface area contributed by atoms with E-state index in [4.69, 9.17) is 4.74 Å². The number of ether oxygens (including phenoxy) is 1. The number of rotatable bonds is 7. The number of benzene rings is 2. The van der Waals surface area contributed by atoms with Gasteiger partial charge in [-0.3, -0.25) is 20.2 Å². The number of hydrogen-bond acceptors (Lipinski definition) is 7. The van der Waals surface area contributed by atoms with Crippen LogP contribution in [0.2, 0.25) is 0 Å². The summed E-state index contributed by atoms with van der Waals surface area (Å²) in [4.78, 5) is 30.4. The van der Waals surface area contributed by atoms with Gasteiger partial charge in [0, 0.05) is 36.2 Å². The number of amides is 1. The van der Waals surface area contributed by atoms with Crippen LogP contribution in [0.4, 0.5) is 16.5 Å². The molecule has 0 spiro atoms. The van der Waals surface area contributed by atoms with Gasteiger partial charge in [0.15, 0.2) is 5.13 Å². The van der Waals surface area contributed by atoms with Crippen LogP contribution < -0.4 is 10.2 Å². The number of morpholine rings is 1. The maximum absolute atomic E-state index is 13.1. The lowest BCUT2D eigenvalue weighted by Gasteiger charge is -2.30. The molecule has 0 radical (unpaired) electrons. The molecule has 4 rings (SSSR count). The van der Waals surface area contributed by atoms with Crippen molar-refractivity contribution >= 4 is 33.8 Å². The molecule has 1 aromatic heterocycles. The van der Waals surface area contributed by atoms with E-state index in [2.05, 4.69) is 29.4 Å². The summed E-state index contributed by atoms with van der Waals surface area (Å²) in [6.45, 7) is 4.48. The van der Waals surface area contributed by atoms with Gasteiger partial charge in [-0.15, -0.1) is 11.3 Å². The molecular weight excluding hydrogens is 428 g/mol. The summed E-state index contributed by atoms with van der Waals surface area (Å²) in [5, 5.41) is 16.4. The van der Waals surface area contributed by atoms with Gasteiger partial charge in [-0.2, -0.15) is 0 Å². The number of anilines is 2. The SMILES string of the molecule is CCCc1ccc(-c2csc(NC(=O)c3cc([N+](=O)[O-])ccc3N3CCOCC3)n2)cc1. The molecule has 0 saturated carbocycles. The highest BCUT2D eigenvalue weighted by Gasteiger charge is 2.23. The number of nitrogens with one attached hydrogen (secondary N) is 1. The molecule has 166 valence electrons. The van der Waals surface area contributed by atoms with Crippen molar-refractivity contribution < 1.29 is 14.5 Å². The van der Waals surface area contributed by atoms with E-state index in [0.717, 1.165) is 24.1 Å². The van der Waals surface area contributed by atoms with Gasteiger partial charge in [-0.25, -0.2) is 4.98 Å². The Morgan fingerprint density at radius 1 is 1.22 bits per heavy atom. The van der Waals surface area contributed by atoms with Crippen LogP contribution in [0.25, 0.3) is 11.3 Å². The zero-order valence-corrected chi connectivity index (χ0v) is 18.6. The molecule has 1 aliphatic heterocycles. The molecule has 9 heteroatoms. The number of carbonyl (C=O) groups excluding carboxylic acids is 1. The summed E-state index contributed by atoms with van der Waals surface area (Å²) in [7, 11) is 0. The number of carbonyl (C=O) groups is 1. The summed E-state index contributed by atoms with van der Waals surface area (Å²) in [6.07, 6.45) is 2.13. The highest BCUT2D eigenvalue weighted by atomic mass is 32.1. The third-order valence-electron chi connectivity index (χ3n) is 5.30. The minimum atomic E-state index is -0.496. The van der Waals surface area contributed by atoms with Crippen molar-refractivity contribution in [1.29, 1.82) is 0 Å². The largest absolute Gasteiger partial charge is 0.378 e. The number of aryl methyl sites for hydroxylation is 1. The average molecular weight is 453 g/mol. The predicted octanol–water partition coefficient (Wildman–Crippen LogP) is 4.76. The average Bonchev–Trinajstić information content (AvgIpc) is 3.28. The van der Waals surface area contributed by atoms with Crippen molar-refractivity contribution in [3.8, 4) is 11.3 Å². The van der Waals surface area contributed by atoms with Crippen molar-refractivity contribution in [1.82, 2.24) is 4.98 Å². The highest BCUT2D eigenvalue weighted by molar-refractivity contribution is 7.14. The van der Waals surface area contributed by atoms with Crippen LogP contribution in [-0.2, 0) is 11.2 Å². The van der Waals surface area contributed by atoms with Crippen molar-refractivity contribution in [2.45, 2.75) is 19.8 Å². The molecule has 2 heterocycles. The zero-order chi connectivity index (χ0) is 22.5. The summed E-state index contributed by atoms with van der Waals surface area (Å²) in [6, 6.07) is 12.6. The van der Waals surface area contributed by atoms with Crippen LogP contribution in [0.1, 0.15) is 29.3 Å². The standard InChI is InChI=1S/C23H24N4O4S/c1-2-3-16-4-6-17(7-5-16)20-15-32-23(24-20)25-22(28)19-14-18(27(29)30)8-9-21(19)26-10-12-31-13-11-26/h4-9,14-15H,2-3,10-13H2,1H3,(H,24,25,28). The van der Waals surface area contributed by atoms with Gasteiger partial charge in [0.25, 0.3) is 11.6 Å². The molecule has 1 amide bonds. The topological polar surface area (TPSA) is 97.6 Å². The number of nitro benzene ring substituents is 1. The molecule has 0 unspecified atom stereocenters. The van der Waals surface area contributed by atoms with E-state index in [1.54, 1.807) is 6.07 Å². The lowest BCUT2D eigenvalue weighted by molar-refractivity contribution is -0.384. The van der Waals surface area contributed by atoms with Crippen LogP contribution in [0, 0.1) is 10.1 Å². The zero-order valence-electron chi connectivity index (χ0n) is 17.7. The Hall–Kier alpha value is -3.30. The highest BCUT2D eigenvalue weighted by Crippen LogP contribution is 2.29. The molecule has 2 aromatic carbocycles. The van der Waals surface area contributed by atoms with Crippen LogP contribution in [-0.4, -0.2) is 42.1 Å². The summed E-state index contributed by atoms with van der Waals surface area (Å²) < 4.78 is 5.39. The van der Waals surface area contributed by atoms with E-state index in [9.17, 15) is 14.9 Å². The monoisotopic (exact) mass is 452 g/mol. The van der Waals surface area contributed by atoms with Gasteiger partial charge < -0.3 is 9.64 Å². The molecule has 0 aliphatic carbocycles. The molecule has 1 aliphatic rings. The first kappa shape index (κ1) is 21.9. The number of nitrogens with zero attached hydrogens (tertiary/aromatic N) is 3. The number of aromatic nitrogens is 1. The fourth-order valence-corrected chi connectivity index (χ4v) is 4.37. The second-order valence-corrected chi connectivity index (χ2v) is 8.36. The third kappa shape index (κ3) is 4.95. The quantitative estimate of drug-likeness (QED) is 0.410. The van der Waals surface area contributed by atoms with Gasteiger partial charge in [-0.1, -0.05) is 37.6 Å². The normalized spacial score (nSPS) is 13.7. The van der Waals surface area contributed by atoms with E-state index in [1.807, 2.05) is 22.4 Å². The minimum absolute atomic E-state index is 0.126. The third-order valence-corrected chi connectivity index (χ3v) is 6.06. The van der Waals surface area contributed by atoms with E-state index < -0.39 is 10.8 Å². The molecule has 0 atom stereocenters. The smallest absolute Gasteiger partial charge is 0.270 e. The molecular formula is C23H24N4O4S. The fraction of sp³-hybridized carbons (Fsp3) is 0.304. The van der Waals surface area contributed by atoms with Gasteiger partial charge in [0.1, 0.15) is 0 Å². The Kier molecular flexibility index (Phi) is 6.77. The van der Waals surface area contributed by atoms with Gasteiger partial charge >= 0.3 is 0 Å². The number of non-ortho nitro benzene ring substituents is 1. The molecule has 1 N–H and O–H groups in total. The first-order chi connectivity index (χ1) is 15.5. The molecule has 32 heavy (non-hydrogen) atoms. The molecule has 1 fully saturated rings. The Morgan fingerprint density at radius 2 is 1.97 bits per heavy atom. The lowest BCUT2D eigenvalue weighted by Crippen LogP contribution is -2.37. The van der Waals surface area contributed by atoms with E-state index in [0.29, 0.717) is 37.1 Å². The Morgan fingerprint density at radius 3 is 2.66 bits per heavy atom. The van der Waals surface area contributed by atoms with Crippen LogP contribution in [0.15, 0.2) is 47.8 Å². The molecule has 0 bridgehead atoms. The number of hydrogen-bond donors (Lipinski definition) is 1. The van der Waals surface area contributed by atoms with Gasteiger partial charge in [0.05, 0.1) is 35.1 Å². The molecule has 3 aromatic rings. The van der Waals surface area contributed by atoms with Crippen molar-refractivity contribution in [2.75, 3.05) is 36.5 Å². The van der Waals surface area contributed by atoms with Gasteiger partial charge in [-0.05, 0) is 18.1 Å². The first-order valence-corrected chi connectivity index (χ1v) is 11.4. The molecule has 8 nitrogen and oxygen atoms in total. The Balaban J connectivity index is 1.55. The number of thiazole rings is 1. The second-order valence-electron chi connectivity index (χ2n) is 7.50. The van der Waals surface area contributed by atoms with E-state index >= 15 is 0 Å². The fourth-order valence-electron chi connectivity index (χ4n) is 3.66. The van der Waals surface area contributed by atoms with Gasteiger partial charge in [0.2, 0.25) is 0 Å². The van der Waals surface area contributed by atoms with Crippen LogP contribution in [0.5, 0.6) is 0 Å². The van der Waals surface area contributed by atoms with Crippen molar-refractivity contribution in [2.24, 2.45) is 0 Å². The van der Waals surface area contributed by atoms with Crippen molar-refractivity contribution in [3.63, 3.8) is 0 Å². The maximum Gasteiger partial charge on any atom is 0.270 e. The van der Waals surface area contributed by atoms with Crippen LogP contribution in [0.3, 0.4) is 0 Å². The van der Waals surface area contributed by atoms with Crippen molar-refractivity contribution in [3.05, 3.63) is 69.1 Å². The first-order valence-electron chi connectivity index (χ1n) is 10.5. The minimum Gasteiger partial charge on any atom is -0.378 e. The second kappa shape index (κ2) is 9.88. The van der Waals surface area contributed by atoms with E-state index in [1.165, 1.54) is 29.0 Å². The molecule has 1 saturated heterocycles. The Labute approximate surface area is 190 Å². The summed E-state index contributed by atoms with van der Waals surface area (Å²) in [5.41, 5.74) is 3.81. The van der Waals surface area contributed by atoms with E-state index in [-0.39, 0.29) is 11.3 Å². The summed E-state index contributed by atoms with van der Waals surface area (Å²) in [5.74, 6) is -0.422. The van der Waals surface area contributed by atoms with Crippen LogP contribution >= 0.6 is 11.3 Å². The maximum atomic E-state index is 13.1. The summed E-state index contributed by atoms with van der Waals surface area (Å²) >= 11 is 1.32. The number of nitro groups is 1. The lowest BCUT2D eigenvalue weighted by atomic mass is 10.1. The predicted molar refractivity (Wildman–Crippen MR) is 126 cm³/mol. The Bertz CT molecular complexity index is 1110.